The van der Waals surface area contributed by atoms with Crippen molar-refractivity contribution < 1.29 is 40.9 Å². The second-order valence-electron chi connectivity index (χ2n) is 30.6. The largest absolute Gasteiger partial charge is 0.508 e. The Bertz CT molecular complexity index is 5810. The fraction of sp³-hybridized carbons (Fsp3) is 0.211. The van der Waals surface area contributed by atoms with Crippen molar-refractivity contribution in [1.82, 2.24) is 59.3 Å². The van der Waals surface area contributed by atoms with E-state index in [0.29, 0.717) is 98.6 Å². The van der Waals surface area contributed by atoms with Crippen molar-refractivity contribution in [2.24, 2.45) is 0 Å². The molecule has 6 aliphatic heterocycles. The number of halogens is 1. The Labute approximate surface area is 806 Å². The molecule has 6 unspecified atom stereocenters. The molecule has 0 aliphatic carbocycles. The Morgan fingerprint density at radius 1 is 0.328 bits per heavy atom. The number of nitrogens with one attached hydrogen (secondary N) is 1. The van der Waals surface area contributed by atoms with E-state index in [9.17, 15) is 40.9 Å². The molecule has 0 spiro atoms. The molecule has 19 rings (SSSR count). The van der Waals surface area contributed by atoms with E-state index in [4.69, 9.17) is 84.9 Å². The molecule has 9 N–H and O–H groups in total. The first-order valence-electron chi connectivity index (χ1n) is 40.2. The fourth-order valence-corrected chi connectivity index (χ4v) is 23.6. The summed E-state index contributed by atoms with van der Waals surface area (Å²) in [6.45, 7) is 7.25. The second-order valence-corrected chi connectivity index (χ2v) is 40.7. The van der Waals surface area contributed by atoms with E-state index in [0.717, 1.165) is 89.6 Å². The van der Waals surface area contributed by atoms with Crippen molar-refractivity contribution in [3.05, 3.63) is 388 Å². The zero-order valence-corrected chi connectivity index (χ0v) is 79.7. The second kappa shape index (κ2) is 42.9. The van der Waals surface area contributed by atoms with Crippen LogP contribution in [-0.4, -0.2) is 161 Å². The van der Waals surface area contributed by atoms with Gasteiger partial charge in [0, 0.05) is 151 Å². The maximum atomic E-state index is 11.4. The molecule has 12 heterocycles. The van der Waals surface area contributed by atoms with E-state index in [1.165, 1.54) is 82.0 Å². The molecule has 6 saturated heterocycles. The van der Waals surface area contributed by atoms with Crippen LogP contribution in [0, 0.1) is 13.8 Å². The Hall–Kier alpha value is -9.08. The van der Waals surface area contributed by atoms with Gasteiger partial charge in [0.2, 0.25) is 0 Å². The first-order chi connectivity index (χ1) is 61.7. The number of nitrogens with zero attached hydrogens (tertiary/aromatic N) is 11. The van der Waals surface area contributed by atoms with E-state index < -0.39 is 34.3 Å². The summed E-state index contributed by atoms with van der Waals surface area (Å²) in [6.07, 6.45) is 19.4. The molecular weight excluding hydrogens is 1860 g/mol. The summed E-state index contributed by atoms with van der Waals surface area (Å²) < 4.78 is 4.14. The Morgan fingerprint density at radius 2 is 0.695 bits per heavy atom. The number of thiocarbonyl (C=S) groups is 6. The van der Waals surface area contributed by atoms with Gasteiger partial charge in [-0.05, 0) is 143 Å². The van der Waals surface area contributed by atoms with Crippen molar-refractivity contribution in [2.75, 3.05) is 34.5 Å². The summed E-state index contributed by atoms with van der Waals surface area (Å²) in [5.74, 6) is 3.11. The summed E-state index contributed by atoms with van der Waals surface area (Å²) in [4.78, 5) is 34.7. The van der Waals surface area contributed by atoms with Gasteiger partial charge in [-0.1, -0.05) is 313 Å². The standard InChI is InChI=1S/C18H16N2OS2.C17H18N2OS2.C15H13ClN2O2S2.C15H14N2O2S2.2C15H14N2OS2/c21-18(15-4-2-1-3-5-15)12-23-17(22)20(18)11-13-6-7-16-14(10-13)8-9-19-16;1-12-5-6-13(2)15(8-12)17(20)11-22-16(21)19(17)10-14-4-3-7-18-9-14;16-11-3-4-13(19)12(6-11)15(20)9-22-14(21)18(15)8-10-2-1-5-17-7-10;18-13-5-1-4-12(7-13)15(19)10-21-14(20)17(15)9-11-3-2-6-16-8-11;18-15(13-6-2-1-3-7-13)11-20-14(19)17(15)10-12-5-4-8-16-9-12;18-15(13-4-2-1-3-5-13)11-20-14(19)17(15)10-12-6-8-16-9-7-12/h1-10,19,21H,11-12H2;3-9,20H,10-11H2,1-2H3;1-7,19-20H,8-9H2;1-8,18-19H,9-10H2;2*1-9,18H,10-11H2. The number of pyridine rings is 5. The van der Waals surface area contributed by atoms with Gasteiger partial charge in [-0.2, -0.15) is 0 Å². The monoisotopic (exact) mass is 1940 g/mol. The number of aromatic nitrogens is 6. The van der Waals surface area contributed by atoms with E-state index in [1.807, 2.05) is 197 Å². The van der Waals surface area contributed by atoms with Crippen LogP contribution in [0.5, 0.6) is 11.5 Å². The number of phenolic OH excluding ortho intramolecular Hbond substituents is 2. The van der Waals surface area contributed by atoms with Gasteiger partial charge >= 0.3 is 0 Å². The topological polar surface area (TPSA) is 262 Å². The zero-order valence-electron chi connectivity index (χ0n) is 69.1. The summed E-state index contributed by atoms with van der Waals surface area (Å²) >= 11 is 47.4. The molecule has 6 atom stereocenters. The highest BCUT2D eigenvalue weighted by molar-refractivity contribution is 8.25. The number of thioether (sulfide) groups is 6. The van der Waals surface area contributed by atoms with Crippen LogP contribution in [0.25, 0.3) is 10.9 Å². The Morgan fingerprint density at radius 3 is 1.09 bits per heavy atom. The van der Waals surface area contributed by atoms with Gasteiger partial charge in [-0.15, -0.1) is 0 Å². The number of aromatic hydroxyl groups is 2. The summed E-state index contributed by atoms with van der Waals surface area (Å²) in [7, 11) is 0. The summed E-state index contributed by atoms with van der Waals surface area (Å²) in [6, 6.07) is 74.2. The first kappa shape index (κ1) is 95.0. The van der Waals surface area contributed by atoms with E-state index in [1.54, 1.807) is 102 Å². The van der Waals surface area contributed by atoms with Crippen LogP contribution in [0.4, 0.5) is 0 Å². The number of aryl methyl sites for hydroxylation is 2. The maximum Gasteiger partial charge on any atom is 0.179 e. The number of fused-ring (bicyclic) bond motifs is 1. The Balaban J connectivity index is 0.000000124. The number of rotatable bonds is 18. The number of hydrogen-bond acceptors (Lipinski definition) is 25. The molecule has 6 aliphatic rings. The normalized spacial score (nSPS) is 21.7. The number of phenols is 2. The molecule has 6 fully saturated rings. The van der Waals surface area contributed by atoms with Crippen LogP contribution in [0.2, 0.25) is 5.02 Å². The molecule has 0 bridgehead atoms. The van der Waals surface area contributed by atoms with Crippen molar-refractivity contribution in [3.8, 4) is 11.5 Å². The van der Waals surface area contributed by atoms with Crippen LogP contribution in [0.1, 0.15) is 77.9 Å². The third-order valence-electron chi connectivity index (χ3n) is 21.9. The third kappa shape index (κ3) is 22.2. The smallest absolute Gasteiger partial charge is 0.179 e. The average Bonchev–Trinajstić information content (AvgIpc) is 1.60. The van der Waals surface area contributed by atoms with Gasteiger partial charge in [0.15, 0.2) is 34.3 Å². The number of benzene rings is 7. The zero-order chi connectivity index (χ0) is 90.2. The molecule has 0 saturated carbocycles. The van der Waals surface area contributed by atoms with E-state index >= 15 is 0 Å². The lowest BCUT2D eigenvalue weighted by molar-refractivity contribution is -0.0526. The summed E-state index contributed by atoms with van der Waals surface area (Å²) in [5.41, 5.74) is 7.29. The number of aromatic amines is 1. The van der Waals surface area contributed by atoms with E-state index in [-0.39, 0.29) is 11.5 Å². The van der Waals surface area contributed by atoms with Crippen molar-refractivity contribution in [3.63, 3.8) is 0 Å². The van der Waals surface area contributed by atoms with Gasteiger partial charge in [-0.25, -0.2) is 0 Å². The fourth-order valence-electron chi connectivity index (χ4n) is 15.0. The van der Waals surface area contributed by atoms with Crippen LogP contribution in [0.15, 0.2) is 305 Å². The van der Waals surface area contributed by atoms with Crippen molar-refractivity contribution in [2.45, 2.75) is 87.5 Å². The molecule has 0 radical (unpaired) electrons. The molecule has 33 heteroatoms. The molecule has 7 aromatic carbocycles. The average molecular weight is 1950 g/mol. The predicted octanol–water partition coefficient (Wildman–Crippen LogP) is 18.3. The van der Waals surface area contributed by atoms with Gasteiger partial charge in [0.25, 0.3) is 0 Å². The highest BCUT2D eigenvalue weighted by Gasteiger charge is 2.50. The van der Waals surface area contributed by atoms with E-state index in [2.05, 4.69) is 72.4 Å². The van der Waals surface area contributed by atoms with Crippen LogP contribution < -0.4 is 0 Å². The number of H-pyrrole nitrogens is 1. The van der Waals surface area contributed by atoms with Gasteiger partial charge in [-0.3, -0.25) is 24.9 Å². The quantitative estimate of drug-likeness (QED) is 0.0362. The SMILES string of the molecule is Cc1ccc(C)c(C2(O)CSC(=S)N2Cc2cccnc2)c1.OC1(c2ccccc2)CSC(=S)N1Cc1ccc2[nH]ccc2c1.OC1(c2ccccc2)CSC(=S)N1Cc1cccnc1.OC1(c2ccccc2)CSC(=S)N1Cc1ccncc1.Oc1ccc(Cl)cc1C1(O)CSC(=S)N1Cc1cccnc1.Oc1cccc(C2(O)CSC(=S)N2Cc2cccnc2)c1. The first-order valence-corrected chi connectivity index (χ1v) is 49.0. The number of aliphatic hydroxyl groups is 6. The van der Waals surface area contributed by atoms with Crippen LogP contribution in [0.3, 0.4) is 0 Å². The lowest BCUT2D eigenvalue weighted by Crippen LogP contribution is -2.44. The minimum absolute atomic E-state index is 0.00612. The molecule has 0 amide bonds. The molecule has 656 valence electrons. The molecular formula is C95H89ClN12O8S12. The molecule has 20 nitrogen and oxygen atoms in total. The maximum absolute atomic E-state index is 11.4. The highest BCUT2D eigenvalue weighted by atomic mass is 35.5. The van der Waals surface area contributed by atoms with Crippen molar-refractivity contribution in [1.29, 1.82) is 0 Å². The van der Waals surface area contributed by atoms with Crippen molar-refractivity contribution >= 4 is 192 Å². The molecule has 6 aromatic heterocycles. The highest BCUT2D eigenvalue weighted by Crippen LogP contribution is 2.48. The molecule has 128 heavy (non-hydrogen) atoms. The molecule has 13 aromatic rings. The minimum Gasteiger partial charge on any atom is -0.508 e. The lowest BCUT2D eigenvalue weighted by Gasteiger charge is -2.35. The Kier molecular flexibility index (Phi) is 31.8. The van der Waals surface area contributed by atoms with Gasteiger partial charge in [0.05, 0.1) is 34.5 Å². The van der Waals surface area contributed by atoms with Crippen LogP contribution >= 0.6 is 155 Å². The number of hydrogen-bond donors (Lipinski definition) is 9. The van der Waals surface area contributed by atoms with Gasteiger partial charge in [0.1, 0.15) is 37.4 Å². The van der Waals surface area contributed by atoms with Gasteiger partial charge < -0.3 is 75.2 Å². The predicted molar refractivity (Wildman–Crippen MR) is 543 cm³/mol. The van der Waals surface area contributed by atoms with Crippen LogP contribution in [-0.2, 0) is 73.6 Å². The lowest BCUT2D eigenvalue weighted by atomic mass is 9.95. The minimum atomic E-state index is -1.40. The third-order valence-corrected chi connectivity index (χ3v) is 31.7. The summed E-state index contributed by atoms with van der Waals surface area (Å²) in [5, 5.41) is 88.3.